The van der Waals surface area contributed by atoms with Gasteiger partial charge in [0.05, 0.1) is 23.7 Å². The van der Waals surface area contributed by atoms with Crippen LogP contribution in [0.1, 0.15) is 23.3 Å². The molecule has 1 aliphatic rings. The number of carbonyl (C=O) groups is 1. The summed E-state index contributed by atoms with van der Waals surface area (Å²) in [6, 6.07) is 3.07. The van der Waals surface area contributed by atoms with Gasteiger partial charge in [-0.3, -0.25) is 0 Å². The molecule has 22 heavy (non-hydrogen) atoms. The molecule has 1 fully saturated rings. The average Bonchev–Trinajstić information content (AvgIpc) is 3.24. The molecule has 116 valence electrons. The monoisotopic (exact) mass is 322 g/mol. The quantitative estimate of drug-likeness (QED) is 0.821. The van der Waals surface area contributed by atoms with Gasteiger partial charge in [0.1, 0.15) is 0 Å². The Hall–Kier alpha value is -2.42. The van der Waals surface area contributed by atoms with E-state index in [-0.39, 0.29) is 16.6 Å². The highest BCUT2D eigenvalue weighted by Gasteiger charge is 2.37. The number of anilines is 1. The smallest absolute Gasteiger partial charge is 0.358 e. The van der Waals surface area contributed by atoms with Gasteiger partial charge < -0.3 is 10.5 Å². The van der Waals surface area contributed by atoms with Crippen molar-refractivity contribution in [2.75, 3.05) is 12.8 Å². The van der Waals surface area contributed by atoms with Crippen LogP contribution >= 0.6 is 0 Å². The van der Waals surface area contributed by atoms with E-state index in [1.165, 1.54) is 25.6 Å². The molecule has 0 amide bonds. The predicted molar refractivity (Wildman–Crippen MR) is 78.5 cm³/mol. The van der Waals surface area contributed by atoms with Crippen LogP contribution < -0.4 is 5.73 Å². The summed E-state index contributed by atoms with van der Waals surface area (Å²) < 4.78 is 29.7. The Morgan fingerprint density at radius 3 is 2.77 bits per heavy atom. The number of carbonyl (C=O) groups excluding carboxylic acids is 1. The second kappa shape index (κ2) is 5.09. The van der Waals surface area contributed by atoms with Crippen molar-refractivity contribution in [2.24, 2.45) is 0 Å². The zero-order valence-corrected chi connectivity index (χ0v) is 12.6. The van der Waals surface area contributed by atoms with Crippen LogP contribution in [0.4, 0.5) is 5.69 Å². The predicted octanol–water partition coefficient (Wildman–Crippen LogP) is 0.654. The first-order chi connectivity index (χ1) is 10.4. The van der Waals surface area contributed by atoms with Crippen LogP contribution in [0.5, 0.6) is 0 Å². The van der Waals surface area contributed by atoms with Gasteiger partial charge in [0.25, 0.3) is 10.0 Å². The number of nitrogens with zero attached hydrogens (tertiary/aromatic N) is 3. The van der Waals surface area contributed by atoms with Crippen molar-refractivity contribution in [3.8, 4) is 11.3 Å². The van der Waals surface area contributed by atoms with Crippen molar-refractivity contribution in [2.45, 2.75) is 18.1 Å². The minimum Gasteiger partial charge on any atom is -0.464 e. The molecule has 2 heterocycles. The molecule has 0 saturated heterocycles. The lowest BCUT2D eigenvalue weighted by atomic mass is 10.2. The molecule has 0 bridgehead atoms. The third kappa shape index (κ3) is 2.43. The molecule has 9 heteroatoms. The average molecular weight is 322 g/mol. The van der Waals surface area contributed by atoms with E-state index in [9.17, 15) is 13.2 Å². The normalized spacial score (nSPS) is 14.8. The molecule has 0 atom stereocenters. The highest BCUT2D eigenvalue weighted by Crippen LogP contribution is 2.30. The first-order valence-electron chi connectivity index (χ1n) is 6.57. The van der Waals surface area contributed by atoms with Crippen molar-refractivity contribution in [1.82, 2.24) is 14.2 Å². The van der Waals surface area contributed by atoms with E-state index in [1.54, 1.807) is 6.07 Å². The second-order valence-corrected chi connectivity index (χ2v) is 7.04. The molecule has 2 aromatic rings. The second-order valence-electron chi connectivity index (χ2n) is 4.97. The Morgan fingerprint density at radius 2 is 2.18 bits per heavy atom. The van der Waals surface area contributed by atoms with Crippen LogP contribution in [0.2, 0.25) is 0 Å². The molecule has 0 spiro atoms. The van der Waals surface area contributed by atoms with Crippen molar-refractivity contribution >= 4 is 21.7 Å². The number of nitrogens with two attached hydrogens (primary N) is 1. The van der Waals surface area contributed by atoms with E-state index in [1.807, 2.05) is 0 Å². The SMILES string of the molecule is COC(=O)c1ncc(-c2ccn(S(=O)(=O)C3CC3)n2)cc1N. The minimum absolute atomic E-state index is 0.0104. The molecule has 0 aromatic carbocycles. The van der Waals surface area contributed by atoms with Gasteiger partial charge in [-0.05, 0) is 25.0 Å². The lowest BCUT2D eigenvalue weighted by Crippen LogP contribution is -2.17. The number of nitrogen functional groups attached to an aromatic ring is 1. The van der Waals surface area contributed by atoms with E-state index >= 15 is 0 Å². The molecule has 1 saturated carbocycles. The highest BCUT2D eigenvalue weighted by molar-refractivity contribution is 7.90. The van der Waals surface area contributed by atoms with Gasteiger partial charge in [-0.1, -0.05) is 0 Å². The van der Waals surface area contributed by atoms with Crippen molar-refractivity contribution in [3.63, 3.8) is 0 Å². The standard InChI is InChI=1S/C13H14N4O4S/c1-21-13(18)12-10(14)6-8(7-15-12)11-4-5-17(16-11)22(19,20)9-2-3-9/h4-7,9H,2-3,14H2,1H3. The summed E-state index contributed by atoms with van der Waals surface area (Å²) >= 11 is 0. The van der Waals surface area contributed by atoms with E-state index in [0.29, 0.717) is 24.1 Å². The van der Waals surface area contributed by atoms with Crippen molar-refractivity contribution < 1.29 is 17.9 Å². The fourth-order valence-corrected chi connectivity index (χ4v) is 3.48. The Kier molecular flexibility index (Phi) is 3.36. The van der Waals surface area contributed by atoms with Crippen LogP contribution in [0.25, 0.3) is 11.3 Å². The summed E-state index contributed by atoms with van der Waals surface area (Å²) in [5, 5.41) is 3.72. The van der Waals surface area contributed by atoms with Crippen LogP contribution in [0.3, 0.4) is 0 Å². The number of esters is 1. The molecule has 2 N–H and O–H groups in total. The molecular formula is C13H14N4O4S. The van der Waals surface area contributed by atoms with Gasteiger partial charge in [0, 0.05) is 18.0 Å². The summed E-state index contributed by atoms with van der Waals surface area (Å²) in [5.41, 5.74) is 6.86. The maximum absolute atomic E-state index is 12.1. The molecule has 0 aliphatic heterocycles. The summed E-state index contributed by atoms with van der Waals surface area (Å²) in [7, 11) is -2.17. The van der Waals surface area contributed by atoms with Crippen LogP contribution in [-0.4, -0.2) is 40.9 Å². The number of aromatic nitrogens is 3. The first-order valence-corrected chi connectivity index (χ1v) is 8.08. The molecule has 0 radical (unpaired) electrons. The Bertz CT molecular complexity index is 839. The summed E-state index contributed by atoms with van der Waals surface area (Å²) in [5.74, 6) is -0.633. The van der Waals surface area contributed by atoms with Gasteiger partial charge in [-0.25, -0.2) is 18.2 Å². The van der Waals surface area contributed by atoms with Gasteiger partial charge >= 0.3 is 5.97 Å². The number of hydrogen-bond acceptors (Lipinski definition) is 7. The van der Waals surface area contributed by atoms with Crippen molar-refractivity contribution in [3.05, 3.63) is 30.2 Å². The fourth-order valence-electron chi connectivity index (χ4n) is 2.01. The zero-order valence-electron chi connectivity index (χ0n) is 11.8. The Labute approximate surface area is 127 Å². The van der Waals surface area contributed by atoms with Gasteiger partial charge in [0.2, 0.25) is 0 Å². The number of hydrogen-bond donors (Lipinski definition) is 1. The molecule has 8 nitrogen and oxygen atoms in total. The van der Waals surface area contributed by atoms with Crippen LogP contribution in [0.15, 0.2) is 24.5 Å². The summed E-state index contributed by atoms with van der Waals surface area (Å²) in [4.78, 5) is 15.4. The zero-order chi connectivity index (χ0) is 15.9. The third-order valence-electron chi connectivity index (χ3n) is 3.36. The largest absolute Gasteiger partial charge is 0.464 e. The lowest BCUT2D eigenvalue weighted by Gasteiger charge is -2.04. The number of pyridine rings is 1. The van der Waals surface area contributed by atoms with Gasteiger partial charge in [-0.2, -0.15) is 9.19 Å². The first kappa shape index (κ1) is 14.5. The maximum Gasteiger partial charge on any atom is 0.358 e. The molecular weight excluding hydrogens is 308 g/mol. The Morgan fingerprint density at radius 1 is 1.45 bits per heavy atom. The highest BCUT2D eigenvalue weighted by atomic mass is 32.2. The maximum atomic E-state index is 12.1. The fraction of sp³-hybridized carbons (Fsp3) is 0.308. The summed E-state index contributed by atoms with van der Waals surface area (Å²) in [6.07, 6.45) is 4.13. The van der Waals surface area contributed by atoms with Gasteiger partial charge in [-0.15, -0.1) is 0 Å². The van der Waals surface area contributed by atoms with E-state index < -0.39 is 16.0 Å². The lowest BCUT2D eigenvalue weighted by molar-refractivity contribution is 0.0595. The number of rotatable bonds is 4. The topological polar surface area (TPSA) is 117 Å². The molecule has 2 aromatic heterocycles. The minimum atomic E-state index is -3.41. The Balaban J connectivity index is 1.94. The van der Waals surface area contributed by atoms with Gasteiger partial charge in [0.15, 0.2) is 5.69 Å². The summed E-state index contributed by atoms with van der Waals surface area (Å²) in [6.45, 7) is 0. The van der Waals surface area contributed by atoms with Crippen molar-refractivity contribution in [1.29, 1.82) is 0 Å². The van der Waals surface area contributed by atoms with Crippen LogP contribution in [0, 0.1) is 0 Å². The van der Waals surface area contributed by atoms with Crippen LogP contribution in [-0.2, 0) is 14.8 Å². The molecule has 0 unspecified atom stereocenters. The van der Waals surface area contributed by atoms with E-state index in [4.69, 9.17) is 5.73 Å². The van der Waals surface area contributed by atoms with E-state index in [2.05, 4.69) is 14.8 Å². The molecule has 1 aliphatic carbocycles. The number of methoxy groups -OCH3 is 1. The van der Waals surface area contributed by atoms with E-state index in [0.717, 1.165) is 4.09 Å². The third-order valence-corrected chi connectivity index (χ3v) is 5.40. The number of ether oxygens (including phenoxy) is 1. The molecule has 3 rings (SSSR count).